The molecule has 1 aliphatic heterocycles. The van der Waals surface area contributed by atoms with Crippen LogP contribution < -0.4 is 10.2 Å². The lowest BCUT2D eigenvalue weighted by molar-refractivity contribution is -0.117. The zero-order valence-corrected chi connectivity index (χ0v) is 20.1. The van der Waals surface area contributed by atoms with E-state index in [0.29, 0.717) is 39.6 Å². The number of hydrogen-bond acceptors (Lipinski definition) is 6. The molecule has 1 N–H and O–H groups in total. The highest BCUT2D eigenvalue weighted by molar-refractivity contribution is 6.02. The fourth-order valence-corrected chi connectivity index (χ4v) is 3.91. The molecule has 0 aromatic heterocycles. The van der Waals surface area contributed by atoms with Crippen LogP contribution in [0.15, 0.2) is 42.0 Å². The molecule has 184 valence electrons. The highest BCUT2D eigenvalue weighted by atomic mass is 16.5. The molecule has 2 aromatic rings. The number of fused-ring (bicyclic) bond motifs is 1. The Morgan fingerprint density at radius 1 is 0.971 bits per heavy atom. The molecule has 0 saturated carbocycles. The van der Waals surface area contributed by atoms with Crippen molar-refractivity contribution in [1.29, 1.82) is 5.26 Å². The van der Waals surface area contributed by atoms with E-state index in [1.165, 1.54) is 24.9 Å². The molecule has 1 aliphatic rings. The molecular formula is C28H33N3O4. The van der Waals surface area contributed by atoms with Gasteiger partial charge in [0.25, 0.3) is 5.91 Å². The predicted octanol–water partition coefficient (Wildman–Crippen LogP) is 3.54. The van der Waals surface area contributed by atoms with Crippen molar-refractivity contribution in [2.75, 3.05) is 64.2 Å². The molecule has 1 amide bonds. The van der Waals surface area contributed by atoms with Gasteiger partial charge in [0.1, 0.15) is 18.2 Å². The van der Waals surface area contributed by atoms with Crippen LogP contribution in [-0.4, -0.2) is 65.2 Å². The lowest BCUT2D eigenvalue weighted by Gasteiger charge is -2.29. The summed E-state index contributed by atoms with van der Waals surface area (Å²) in [6, 6.07) is 14.4. The Bertz CT molecular complexity index is 1080. The minimum absolute atomic E-state index is 0.0598. The van der Waals surface area contributed by atoms with Crippen molar-refractivity contribution in [1.82, 2.24) is 5.32 Å². The Kier molecular flexibility index (Phi) is 11.1. The maximum absolute atomic E-state index is 12.4. The molecule has 0 unspecified atom stereocenters. The monoisotopic (exact) mass is 475 g/mol. The SMILES string of the molecule is C#CCOCCOCCOCCNC(=O)/C(C#N)=C/c1ccc2cc(N3CCCCC3)ccc2c1. The van der Waals surface area contributed by atoms with Gasteiger partial charge in [-0.3, -0.25) is 4.79 Å². The van der Waals surface area contributed by atoms with Crippen molar-refractivity contribution < 1.29 is 19.0 Å². The highest BCUT2D eigenvalue weighted by Crippen LogP contribution is 2.26. The minimum atomic E-state index is -0.418. The molecule has 1 saturated heterocycles. The summed E-state index contributed by atoms with van der Waals surface area (Å²) in [6.45, 7) is 4.85. The number of ether oxygens (including phenoxy) is 3. The van der Waals surface area contributed by atoms with Gasteiger partial charge in [-0.1, -0.05) is 24.1 Å². The summed E-state index contributed by atoms with van der Waals surface area (Å²) >= 11 is 0. The number of hydrogen-bond donors (Lipinski definition) is 1. The first-order chi connectivity index (χ1) is 17.2. The zero-order valence-electron chi connectivity index (χ0n) is 20.1. The first kappa shape index (κ1) is 26.2. The Balaban J connectivity index is 1.44. The van der Waals surface area contributed by atoms with E-state index in [1.54, 1.807) is 6.08 Å². The molecular weight excluding hydrogens is 442 g/mol. The minimum Gasteiger partial charge on any atom is -0.377 e. The summed E-state index contributed by atoms with van der Waals surface area (Å²) in [4.78, 5) is 14.8. The van der Waals surface area contributed by atoms with Gasteiger partial charge in [-0.2, -0.15) is 5.26 Å². The Morgan fingerprint density at radius 2 is 1.66 bits per heavy atom. The number of carbonyl (C=O) groups excluding carboxylic acids is 1. The normalized spacial score (nSPS) is 13.9. The second-order valence-electron chi connectivity index (χ2n) is 8.25. The Morgan fingerprint density at radius 3 is 2.40 bits per heavy atom. The molecule has 35 heavy (non-hydrogen) atoms. The fourth-order valence-electron chi connectivity index (χ4n) is 3.91. The topological polar surface area (TPSA) is 83.8 Å². The van der Waals surface area contributed by atoms with Crippen molar-refractivity contribution in [3.05, 3.63) is 47.5 Å². The lowest BCUT2D eigenvalue weighted by Crippen LogP contribution is -2.29. The third-order valence-electron chi connectivity index (χ3n) is 5.71. The third-order valence-corrected chi connectivity index (χ3v) is 5.71. The van der Waals surface area contributed by atoms with Crippen LogP contribution in [0.4, 0.5) is 5.69 Å². The molecule has 1 fully saturated rings. The largest absolute Gasteiger partial charge is 0.377 e. The van der Waals surface area contributed by atoms with E-state index in [2.05, 4.69) is 34.3 Å². The quantitative estimate of drug-likeness (QED) is 0.207. The standard InChI is InChI=1S/C28H33N3O4/c1-2-13-33-15-17-35-18-16-34-14-10-30-28(32)26(22-29)20-23-6-7-25-21-27(9-8-24(25)19-23)31-11-4-3-5-12-31/h1,6-9,19-21H,3-5,10-18H2,(H,30,32)/b26-20+. The summed E-state index contributed by atoms with van der Waals surface area (Å²) < 4.78 is 15.9. The average Bonchev–Trinajstić information content (AvgIpc) is 2.90. The Labute approximate surface area is 207 Å². The average molecular weight is 476 g/mol. The van der Waals surface area contributed by atoms with Gasteiger partial charge < -0.3 is 24.4 Å². The van der Waals surface area contributed by atoms with Gasteiger partial charge in [0.2, 0.25) is 0 Å². The van der Waals surface area contributed by atoms with Gasteiger partial charge in [-0.05, 0) is 59.9 Å². The van der Waals surface area contributed by atoms with Crippen LogP contribution in [0.2, 0.25) is 0 Å². The summed E-state index contributed by atoms with van der Waals surface area (Å²) in [5, 5.41) is 14.4. The number of nitrogens with zero attached hydrogens (tertiary/aromatic N) is 2. The van der Waals surface area contributed by atoms with Crippen LogP contribution in [0, 0.1) is 23.7 Å². The lowest BCUT2D eigenvalue weighted by atomic mass is 10.0. The van der Waals surface area contributed by atoms with E-state index in [1.807, 2.05) is 24.3 Å². The second kappa shape index (κ2) is 14.8. The van der Waals surface area contributed by atoms with Gasteiger partial charge in [-0.25, -0.2) is 0 Å². The second-order valence-corrected chi connectivity index (χ2v) is 8.25. The molecule has 0 aliphatic carbocycles. The zero-order chi connectivity index (χ0) is 24.7. The number of amides is 1. The first-order valence-electron chi connectivity index (χ1n) is 12.1. The summed E-state index contributed by atoms with van der Waals surface area (Å²) in [5.41, 5.74) is 2.12. The van der Waals surface area contributed by atoms with E-state index in [9.17, 15) is 10.1 Å². The van der Waals surface area contributed by atoms with Crippen molar-refractivity contribution >= 4 is 28.4 Å². The number of terminal acetylenes is 1. The van der Waals surface area contributed by atoms with Crippen LogP contribution in [0.3, 0.4) is 0 Å². The summed E-state index contributed by atoms with van der Waals surface area (Å²) in [5.74, 6) is 1.97. The van der Waals surface area contributed by atoms with Crippen molar-refractivity contribution in [2.45, 2.75) is 19.3 Å². The maximum Gasteiger partial charge on any atom is 0.262 e. The smallest absolute Gasteiger partial charge is 0.262 e. The third kappa shape index (κ3) is 8.73. The van der Waals surface area contributed by atoms with E-state index >= 15 is 0 Å². The maximum atomic E-state index is 12.4. The van der Waals surface area contributed by atoms with Crippen LogP contribution >= 0.6 is 0 Å². The van der Waals surface area contributed by atoms with E-state index in [-0.39, 0.29) is 12.2 Å². The number of piperidine rings is 1. The van der Waals surface area contributed by atoms with Crippen molar-refractivity contribution in [3.63, 3.8) is 0 Å². The van der Waals surface area contributed by atoms with E-state index < -0.39 is 5.91 Å². The summed E-state index contributed by atoms with van der Waals surface area (Å²) in [6.07, 6.45) is 10.5. The van der Waals surface area contributed by atoms with Gasteiger partial charge in [0.15, 0.2) is 0 Å². The number of rotatable bonds is 13. The van der Waals surface area contributed by atoms with Crippen LogP contribution in [-0.2, 0) is 19.0 Å². The van der Waals surface area contributed by atoms with Crippen molar-refractivity contribution in [3.8, 4) is 18.4 Å². The van der Waals surface area contributed by atoms with Gasteiger partial charge in [0.05, 0.1) is 33.0 Å². The fraction of sp³-hybridized carbons (Fsp3) is 0.429. The molecule has 1 heterocycles. The Hall–Kier alpha value is -3.36. The predicted molar refractivity (Wildman–Crippen MR) is 138 cm³/mol. The van der Waals surface area contributed by atoms with E-state index in [4.69, 9.17) is 20.6 Å². The molecule has 0 spiro atoms. The van der Waals surface area contributed by atoms with Crippen molar-refractivity contribution in [2.24, 2.45) is 0 Å². The molecule has 7 heteroatoms. The van der Waals surface area contributed by atoms with Crippen LogP contribution in [0.5, 0.6) is 0 Å². The first-order valence-corrected chi connectivity index (χ1v) is 12.1. The number of benzene rings is 2. The van der Waals surface area contributed by atoms with Crippen LogP contribution in [0.1, 0.15) is 24.8 Å². The van der Waals surface area contributed by atoms with Gasteiger partial charge in [-0.15, -0.1) is 6.42 Å². The number of nitrogens with one attached hydrogen (secondary N) is 1. The number of nitriles is 1. The molecule has 2 aromatic carbocycles. The number of carbonyl (C=O) groups is 1. The molecule has 0 bridgehead atoms. The molecule has 3 rings (SSSR count). The number of anilines is 1. The van der Waals surface area contributed by atoms with Crippen LogP contribution in [0.25, 0.3) is 16.8 Å². The van der Waals surface area contributed by atoms with E-state index in [0.717, 1.165) is 29.4 Å². The molecule has 0 atom stereocenters. The molecule has 0 radical (unpaired) electrons. The summed E-state index contributed by atoms with van der Waals surface area (Å²) in [7, 11) is 0. The van der Waals surface area contributed by atoms with Gasteiger partial charge >= 0.3 is 0 Å². The highest BCUT2D eigenvalue weighted by Gasteiger charge is 2.12. The van der Waals surface area contributed by atoms with Gasteiger partial charge in [0, 0.05) is 25.3 Å². The molecule has 7 nitrogen and oxygen atoms in total.